The van der Waals surface area contributed by atoms with Crippen LogP contribution in [0.4, 0.5) is 5.69 Å². The van der Waals surface area contributed by atoms with Crippen LogP contribution in [0, 0.1) is 11.3 Å². The van der Waals surface area contributed by atoms with Crippen LogP contribution in [-0.2, 0) is 6.54 Å². The predicted octanol–water partition coefficient (Wildman–Crippen LogP) is 5.45. The van der Waals surface area contributed by atoms with Gasteiger partial charge >= 0.3 is 0 Å². The maximum atomic E-state index is 9.41. The van der Waals surface area contributed by atoms with Crippen LogP contribution >= 0.6 is 35.0 Å². The zero-order valence-corrected chi connectivity index (χ0v) is 14.9. The number of hydrogen-bond acceptors (Lipinski definition) is 3. The number of rotatable bonds is 4. The number of nitriles is 1. The van der Waals surface area contributed by atoms with E-state index in [1.165, 1.54) is 11.8 Å². The Balaban J connectivity index is 1.96. The summed E-state index contributed by atoms with van der Waals surface area (Å²) in [5.74, 6) is 0. The quantitative estimate of drug-likeness (QED) is 0.661. The third-order valence-corrected chi connectivity index (χ3v) is 5.13. The summed E-state index contributed by atoms with van der Waals surface area (Å²) in [5, 5.41) is 11.6. The highest BCUT2D eigenvalue weighted by Gasteiger charge is 2.15. The molecule has 1 aromatic heterocycles. The van der Waals surface area contributed by atoms with Gasteiger partial charge in [-0.25, -0.2) is 0 Å². The van der Waals surface area contributed by atoms with Crippen molar-refractivity contribution < 1.29 is 0 Å². The average Bonchev–Trinajstić information content (AvgIpc) is 2.87. The van der Waals surface area contributed by atoms with Gasteiger partial charge in [-0.15, -0.1) is 0 Å². The molecule has 3 rings (SSSR count). The summed E-state index contributed by atoms with van der Waals surface area (Å²) in [6.45, 7) is 0.549. The van der Waals surface area contributed by atoms with Gasteiger partial charge in [0.2, 0.25) is 0 Å². The topological polar surface area (TPSA) is 54.7 Å². The number of nitrogen functional groups attached to an aromatic ring is 1. The second kappa shape index (κ2) is 7.23. The lowest BCUT2D eigenvalue weighted by atomic mass is 10.2. The van der Waals surface area contributed by atoms with E-state index in [4.69, 9.17) is 28.9 Å². The summed E-state index contributed by atoms with van der Waals surface area (Å²) in [7, 11) is 0. The van der Waals surface area contributed by atoms with E-state index in [-0.39, 0.29) is 0 Å². The Morgan fingerprint density at radius 2 is 1.58 bits per heavy atom. The lowest BCUT2D eigenvalue weighted by molar-refractivity contribution is 0.725. The van der Waals surface area contributed by atoms with Crippen LogP contribution in [0.1, 0.15) is 11.3 Å². The first kappa shape index (κ1) is 16.8. The maximum Gasteiger partial charge on any atom is 0.123 e. The highest BCUT2D eigenvalue weighted by molar-refractivity contribution is 7.99. The van der Waals surface area contributed by atoms with Crippen molar-refractivity contribution in [3.8, 4) is 6.07 Å². The van der Waals surface area contributed by atoms with E-state index in [9.17, 15) is 5.26 Å². The van der Waals surface area contributed by atoms with Gasteiger partial charge in [0.25, 0.3) is 0 Å². The molecule has 0 amide bonds. The van der Waals surface area contributed by atoms with Gasteiger partial charge in [0.15, 0.2) is 0 Å². The van der Waals surface area contributed by atoms with Gasteiger partial charge in [0.1, 0.15) is 16.8 Å². The summed E-state index contributed by atoms with van der Waals surface area (Å²) >= 11 is 13.4. The Bertz CT molecular complexity index is 894. The van der Waals surface area contributed by atoms with Crippen LogP contribution in [0.15, 0.2) is 64.5 Å². The summed E-state index contributed by atoms with van der Waals surface area (Å²) in [6.07, 6.45) is 0. The lowest BCUT2D eigenvalue weighted by Crippen LogP contribution is -2.04. The molecule has 0 atom stereocenters. The first-order valence-electron chi connectivity index (χ1n) is 7.14. The predicted molar refractivity (Wildman–Crippen MR) is 99.7 cm³/mol. The van der Waals surface area contributed by atoms with Crippen molar-refractivity contribution in [2.24, 2.45) is 0 Å². The van der Waals surface area contributed by atoms with Gasteiger partial charge in [-0.3, -0.25) is 0 Å². The Morgan fingerprint density at radius 3 is 2.17 bits per heavy atom. The molecule has 0 saturated heterocycles. The molecule has 3 nitrogen and oxygen atoms in total. The molecule has 0 unspecified atom stereocenters. The van der Waals surface area contributed by atoms with E-state index in [1.807, 2.05) is 53.1 Å². The average molecular weight is 374 g/mol. The van der Waals surface area contributed by atoms with Gasteiger partial charge < -0.3 is 10.3 Å². The summed E-state index contributed by atoms with van der Waals surface area (Å²) < 4.78 is 1.91. The van der Waals surface area contributed by atoms with E-state index in [0.717, 1.165) is 15.5 Å². The Labute approximate surface area is 154 Å². The van der Waals surface area contributed by atoms with Crippen LogP contribution in [0.3, 0.4) is 0 Å². The van der Waals surface area contributed by atoms with Gasteiger partial charge in [-0.05, 0) is 48.0 Å². The summed E-state index contributed by atoms with van der Waals surface area (Å²) in [6, 6.07) is 19.0. The standard InChI is InChI=1S/C18H13Cl2N3S/c19-13-3-1-12(2-4-13)11-23-15(10-21)9-17(22)18(23)24-16-7-5-14(20)6-8-16/h1-9H,11,22H2. The molecule has 3 aromatic rings. The number of aromatic nitrogens is 1. The molecule has 2 N–H and O–H groups in total. The lowest BCUT2D eigenvalue weighted by Gasteiger charge is -2.11. The fraction of sp³-hybridized carbons (Fsp3) is 0.0556. The molecule has 0 saturated carbocycles. The minimum absolute atomic E-state index is 0.527. The number of anilines is 1. The SMILES string of the molecule is N#Cc1cc(N)c(Sc2ccc(Cl)cc2)n1Cc1ccc(Cl)cc1. The van der Waals surface area contributed by atoms with Crippen LogP contribution in [0.2, 0.25) is 10.0 Å². The molecule has 2 aromatic carbocycles. The Kier molecular flexibility index (Phi) is 5.06. The molecule has 0 fully saturated rings. The smallest absolute Gasteiger partial charge is 0.123 e. The molecular formula is C18H13Cl2N3S. The molecule has 6 heteroatoms. The van der Waals surface area contributed by atoms with Crippen molar-refractivity contribution in [1.82, 2.24) is 4.57 Å². The van der Waals surface area contributed by atoms with Crippen LogP contribution in [0.25, 0.3) is 0 Å². The van der Waals surface area contributed by atoms with Crippen molar-refractivity contribution in [2.45, 2.75) is 16.5 Å². The first-order valence-corrected chi connectivity index (χ1v) is 8.71. The Morgan fingerprint density at radius 1 is 1.00 bits per heavy atom. The van der Waals surface area contributed by atoms with Crippen molar-refractivity contribution in [3.05, 3.63) is 75.9 Å². The largest absolute Gasteiger partial charge is 0.397 e. The third kappa shape index (κ3) is 3.70. The molecule has 0 aliphatic rings. The van der Waals surface area contributed by atoms with E-state index in [0.29, 0.717) is 28.0 Å². The van der Waals surface area contributed by atoms with Crippen LogP contribution in [0.5, 0.6) is 0 Å². The van der Waals surface area contributed by atoms with Gasteiger partial charge in [-0.2, -0.15) is 5.26 Å². The van der Waals surface area contributed by atoms with Gasteiger partial charge in [0, 0.05) is 21.5 Å². The highest BCUT2D eigenvalue weighted by atomic mass is 35.5. The third-order valence-electron chi connectivity index (χ3n) is 3.47. The second-order valence-electron chi connectivity index (χ2n) is 5.17. The zero-order chi connectivity index (χ0) is 17.1. The van der Waals surface area contributed by atoms with E-state index in [2.05, 4.69) is 6.07 Å². The maximum absolute atomic E-state index is 9.41. The van der Waals surface area contributed by atoms with E-state index < -0.39 is 0 Å². The van der Waals surface area contributed by atoms with Crippen molar-refractivity contribution in [2.75, 3.05) is 5.73 Å². The second-order valence-corrected chi connectivity index (χ2v) is 7.11. The van der Waals surface area contributed by atoms with Crippen LogP contribution < -0.4 is 5.73 Å². The van der Waals surface area contributed by atoms with Gasteiger partial charge in [0.05, 0.1) is 5.69 Å². The van der Waals surface area contributed by atoms with Crippen molar-refractivity contribution in [3.63, 3.8) is 0 Å². The molecule has 0 bridgehead atoms. The number of hydrogen-bond donors (Lipinski definition) is 1. The first-order chi connectivity index (χ1) is 11.6. The molecule has 0 aliphatic heterocycles. The summed E-state index contributed by atoms with van der Waals surface area (Å²) in [4.78, 5) is 1.01. The highest BCUT2D eigenvalue weighted by Crippen LogP contribution is 2.35. The fourth-order valence-corrected chi connectivity index (χ4v) is 3.50. The molecule has 1 heterocycles. The van der Waals surface area contributed by atoms with Crippen LogP contribution in [-0.4, -0.2) is 4.57 Å². The van der Waals surface area contributed by atoms with Crippen molar-refractivity contribution >= 4 is 40.7 Å². The summed E-state index contributed by atoms with van der Waals surface area (Å²) in [5.41, 5.74) is 8.29. The molecule has 0 spiro atoms. The number of benzene rings is 2. The van der Waals surface area contributed by atoms with Crippen molar-refractivity contribution in [1.29, 1.82) is 5.26 Å². The molecule has 0 aliphatic carbocycles. The number of nitrogens with two attached hydrogens (primary N) is 1. The normalized spacial score (nSPS) is 10.5. The fourth-order valence-electron chi connectivity index (χ4n) is 2.30. The molecular weight excluding hydrogens is 361 g/mol. The van der Waals surface area contributed by atoms with E-state index >= 15 is 0 Å². The van der Waals surface area contributed by atoms with E-state index in [1.54, 1.807) is 6.07 Å². The number of halogens is 2. The molecule has 0 radical (unpaired) electrons. The minimum atomic E-state index is 0.527. The molecule has 120 valence electrons. The zero-order valence-electron chi connectivity index (χ0n) is 12.5. The Hall–Kier alpha value is -2.06. The molecule has 24 heavy (non-hydrogen) atoms. The van der Waals surface area contributed by atoms with Gasteiger partial charge in [-0.1, -0.05) is 47.1 Å². The minimum Gasteiger partial charge on any atom is -0.397 e. The number of nitrogens with zero attached hydrogens (tertiary/aromatic N) is 2. The monoisotopic (exact) mass is 373 g/mol.